The Morgan fingerprint density at radius 2 is 2.23 bits per heavy atom. The highest BCUT2D eigenvalue weighted by Gasteiger charge is 2.10. The van der Waals surface area contributed by atoms with Gasteiger partial charge in [0.25, 0.3) is 0 Å². The monoisotopic (exact) mass is 189 g/mol. The van der Waals surface area contributed by atoms with E-state index >= 15 is 0 Å². The van der Waals surface area contributed by atoms with Crippen molar-refractivity contribution in [2.75, 3.05) is 0 Å². The fraction of sp³-hybridized carbons (Fsp3) is 0.625. The number of hydrogen-bond acceptors (Lipinski definition) is 2. The molecule has 1 aromatic heterocycles. The van der Waals surface area contributed by atoms with Crippen LogP contribution in [0.25, 0.3) is 0 Å². The zero-order valence-electron chi connectivity index (χ0n) is 7.67. The van der Waals surface area contributed by atoms with E-state index < -0.39 is 6.55 Å². The molecule has 0 aliphatic heterocycles. The van der Waals surface area contributed by atoms with Gasteiger partial charge in [0.2, 0.25) is 0 Å². The van der Waals surface area contributed by atoms with Crippen molar-refractivity contribution in [3.63, 3.8) is 0 Å². The van der Waals surface area contributed by atoms with Crippen molar-refractivity contribution >= 4 is 0 Å². The summed E-state index contributed by atoms with van der Waals surface area (Å²) in [6, 6.07) is 0.267. The summed E-state index contributed by atoms with van der Waals surface area (Å²) >= 11 is 0. The van der Waals surface area contributed by atoms with Gasteiger partial charge in [-0.05, 0) is 0 Å². The third-order valence-corrected chi connectivity index (χ3v) is 1.63. The predicted molar refractivity (Wildman–Crippen MR) is 45.5 cm³/mol. The topological polar surface area (TPSA) is 29.9 Å². The molecular weight excluding hydrogens is 176 g/mol. The first-order valence-electron chi connectivity index (χ1n) is 4.14. The molecule has 3 nitrogen and oxygen atoms in total. The van der Waals surface area contributed by atoms with E-state index in [0.717, 1.165) is 4.57 Å². The Kier molecular flexibility index (Phi) is 3.36. The van der Waals surface area contributed by atoms with E-state index in [-0.39, 0.29) is 6.04 Å². The number of rotatable bonds is 4. The van der Waals surface area contributed by atoms with Crippen LogP contribution >= 0.6 is 0 Å². The molecule has 1 rings (SSSR count). The molecule has 1 aromatic rings. The Balaban J connectivity index is 2.60. The summed E-state index contributed by atoms with van der Waals surface area (Å²) in [5.41, 5.74) is 0. The number of imidazole rings is 1. The van der Waals surface area contributed by atoms with Gasteiger partial charge >= 0.3 is 6.55 Å². The summed E-state index contributed by atoms with van der Waals surface area (Å²) in [6.45, 7) is 1.77. The summed E-state index contributed by atoms with van der Waals surface area (Å²) in [5.74, 6) is 0.365. The van der Waals surface area contributed by atoms with Gasteiger partial charge < -0.3 is 5.32 Å². The van der Waals surface area contributed by atoms with E-state index in [4.69, 9.17) is 0 Å². The predicted octanol–water partition coefficient (Wildman–Crippen LogP) is 1.78. The van der Waals surface area contributed by atoms with Crippen molar-refractivity contribution in [2.24, 2.45) is 0 Å². The van der Waals surface area contributed by atoms with Gasteiger partial charge in [-0.2, -0.15) is 8.78 Å². The van der Waals surface area contributed by atoms with Crippen molar-refractivity contribution in [3.05, 3.63) is 18.2 Å². The maximum Gasteiger partial charge on any atom is 0.319 e. The van der Waals surface area contributed by atoms with E-state index in [1.165, 1.54) is 12.4 Å². The average molecular weight is 189 g/mol. The fourth-order valence-electron chi connectivity index (χ4n) is 0.954. The molecule has 0 fully saturated rings. The first-order valence-corrected chi connectivity index (χ1v) is 4.14. The summed E-state index contributed by atoms with van der Waals surface area (Å²) < 4.78 is 25.4. The van der Waals surface area contributed by atoms with Crippen molar-refractivity contribution in [2.45, 2.75) is 33.0 Å². The van der Waals surface area contributed by atoms with Crippen LogP contribution in [0.1, 0.15) is 26.2 Å². The van der Waals surface area contributed by atoms with E-state index in [1.807, 2.05) is 13.8 Å². The standard InChI is InChI=1S/C8H13F2N3/c1-6(2)12-5-7-11-3-4-13(7)8(9)10/h3-4,6,8,12H,5H2,1-2H3. The fourth-order valence-corrected chi connectivity index (χ4v) is 0.954. The lowest BCUT2D eigenvalue weighted by molar-refractivity contribution is 0.0665. The van der Waals surface area contributed by atoms with E-state index in [2.05, 4.69) is 10.3 Å². The molecule has 0 aliphatic rings. The Bertz CT molecular complexity index is 258. The Labute approximate surface area is 75.8 Å². The second kappa shape index (κ2) is 4.32. The van der Waals surface area contributed by atoms with Crippen LogP contribution in [-0.2, 0) is 6.54 Å². The molecule has 0 aliphatic carbocycles. The van der Waals surface area contributed by atoms with Crippen LogP contribution in [0.15, 0.2) is 12.4 Å². The van der Waals surface area contributed by atoms with Crippen molar-refractivity contribution < 1.29 is 8.78 Å². The summed E-state index contributed by atoms with van der Waals surface area (Å²) in [4.78, 5) is 3.83. The Morgan fingerprint density at radius 3 is 2.77 bits per heavy atom. The minimum absolute atomic E-state index is 0.267. The maximum absolute atomic E-state index is 12.3. The molecular formula is C8H13F2N3. The zero-order valence-corrected chi connectivity index (χ0v) is 7.67. The van der Waals surface area contributed by atoms with Gasteiger partial charge in [-0.15, -0.1) is 0 Å². The molecule has 0 bridgehead atoms. The molecule has 0 saturated heterocycles. The van der Waals surface area contributed by atoms with Gasteiger partial charge in [0, 0.05) is 18.4 Å². The number of hydrogen-bond donors (Lipinski definition) is 1. The van der Waals surface area contributed by atoms with Crippen LogP contribution in [0.5, 0.6) is 0 Å². The second-order valence-electron chi connectivity index (χ2n) is 3.06. The first-order chi connectivity index (χ1) is 6.11. The van der Waals surface area contributed by atoms with Crippen LogP contribution in [0, 0.1) is 0 Å². The number of aromatic nitrogens is 2. The van der Waals surface area contributed by atoms with E-state index in [1.54, 1.807) is 0 Å². The largest absolute Gasteiger partial charge is 0.319 e. The number of halogens is 2. The van der Waals surface area contributed by atoms with Crippen LogP contribution < -0.4 is 5.32 Å². The van der Waals surface area contributed by atoms with Gasteiger partial charge in [-0.25, -0.2) is 4.98 Å². The number of nitrogens with one attached hydrogen (secondary N) is 1. The highest BCUT2D eigenvalue weighted by atomic mass is 19.3. The quantitative estimate of drug-likeness (QED) is 0.782. The van der Waals surface area contributed by atoms with Crippen LogP contribution in [0.3, 0.4) is 0 Å². The molecule has 1 N–H and O–H groups in total. The molecule has 0 amide bonds. The Morgan fingerprint density at radius 1 is 1.54 bits per heavy atom. The highest BCUT2D eigenvalue weighted by molar-refractivity contribution is 4.92. The molecule has 74 valence electrons. The molecule has 1 heterocycles. The van der Waals surface area contributed by atoms with Gasteiger partial charge in [-0.1, -0.05) is 13.8 Å². The summed E-state index contributed by atoms with van der Waals surface area (Å²) in [7, 11) is 0. The second-order valence-corrected chi connectivity index (χ2v) is 3.06. The molecule has 0 spiro atoms. The lowest BCUT2D eigenvalue weighted by atomic mass is 10.4. The molecule has 13 heavy (non-hydrogen) atoms. The third kappa shape index (κ3) is 2.77. The smallest absolute Gasteiger partial charge is 0.308 e. The molecule has 0 atom stereocenters. The molecule has 5 heteroatoms. The van der Waals surface area contributed by atoms with Crippen LogP contribution in [-0.4, -0.2) is 15.6 Å². The maximum atomic E-state index is 12.3. The van der Waals surface area contributed by atoms with Crippen molar-refractivity contribution in [1.29, 1.82) is 0 Å². The first kappa shape index (κ1) is 10.1. The van der Waals surface area contributed by atoms with Crippen LogP contribution in [0.4, 0.5) is 8.78 Å². The normalized spacial score (nSPS) is 11.5. The summed E-state index contributed by atoms with van der Waals surface area (Å²) in [5, 5.41) is 3.03. The van der Waals surface area contributed by atoms with Gasteiger partial charge in [-0.3, -0.25) is 4.57 Å². The van der Waals surface area contributed by atoms with E-state index in [0.29, 0.717) is 12.4 Å². The lowest BCUT2D eigenvalue weighted by Gasteiger charge is -2.09. The number of nitrogens with zero attached hydrogens (tertiary/aromatic N) is 2. The molecule has 0 radical (unpaired) electrons. The Hall–Kier alpha value is -0.970. The average Bonchev–Trinajstić information content (AvgIpc) is 2.47. The highest BCUT2D eigenvalue weighted by Crippen LogP contribution is 2.11. The minimum Gasteiger partial charge on any atom is -0.308 e. The van der Waals surface area contributed by atoms with Crippen molar-refractivity contribution in [1.82, 2.24) is 14.9 Å². The minimum atomic E-state index is -2.51. The van der Waals surface area contributed by atoms with Crippen LogP contribution in [0.2, 0.25) is 0 Å². The molecule has 0 unspecified atom stereocenters. The number of alkyl halides is 2. The molecule has 0 aromatic carbocycles. The van der Waals surface area contributed by atoms with Crippen molar-refractivity contribution in [3.8, 4) is 0 Å². The lowest BCUT2D eigenvalue weighted by Crippen LogP contribution is -2.24. The zero-order chi connectivity index (χ0) is 9.84. The van der Waals surface area contributed by atoms with Gasteiger partial charge in [0.15, 0.2) is 0 Å². The summed E-state index contributed by atoms with van der Waals surface area (Å²) in [6.07, 6.45) is 2.66. The van der Waals surface area contributed by atoms with Gasteiger partial charge in [0.1, 0.15) is 5.82 Å². The van der Waals surface area contributed by atoms with Gasteiger partial charge in [0.05, 0.1) is 6.54 Å². The third-order valence-electron chi connectivity index (χ3n) is 1.63. The SMILES string of the molecule is CC(C)NCc1nccn1C(F)F. The molecule has 0 saturated carbocycles. The van der Waals surface area contributed by atoms with E-state index in [9.17, 15) is 8.78 Å².